The molecule has 1 aromatic heterocycles. The van der Waals surface area contributed by atoms with E-state index in [0.717, 1.165) is 5.56 Å². The third-order valence-electron chi connectivity index (χ3n) is 7.37. The lowest BCUT2D eigenvalue weighted by molar-refractivity contribution is -0.117. The molecule has 1 aliphatic heterocycles. The number of nitrogens with zero attached hydrogens (tertiary/aromatic N) is 2. The minimum atomic E-state index is -1.43. The van der Waals surface area contributed by atoms with E-state index in [1.807, 2.05) is 27.7 Å². The molecule has 1 fully saturated rings. The Hall–Kier alpha value is -3.30. The first kappa shape index (κ1) is 28.7. The number of fused-ring (bicyclic) bond motifs is 1. The number of carbonyl (C=O) groups is 2. The molecule has 2 aromatic carbocycles. The number of aliphatic hydroxyl groups is 1. The maximum absolute atomic E-state index is 15.3. The van der Waals surface area contributed by atoms with Gasteiger partial charge in [0.25, 0.3) is 0 Å². The minimum absolute atomic E-state index is 0.0353. The van der Waals surface area contributed by atoms with Crippen molar-refractivity contribution in [3.8, 4) is 0 Å². The highest BCUT2D eigenvalue weighted by atomic mass is 35.5. The van der Waals surface area contributed by atoms with E-state index in [0.29, 0.717) is 23.9 Å². The van der Waals surface area contributed by atoms with Crippen LogP contribution < -0.4 is 10.3 Å². The van der Waals surface area contributed by atoms with Gasteiger partial charge in [-0.1, -0.05) is 45.4 Å². The zero-order valence-corrected chi connectivity index (χ0v) is 23.0. The number of benzene rings is 2. The van der Waals surface area contributed by atoms with E-state index in [4.69, 9.17) is 11.6 Å². The van der Waals surface area contributed by atoms with Gasteiger partial charge in [-0.25, -0.2) is 13.6 Å². The standard InChI is InChI=1S/C29H31ClF2N2O5/c1-5-15-9-16(11-17-12-20(26(32)24(30)25(17)31)33-8-6-7-22(33)36)23-19(10-15)34(21(14-35)29(2,3)4)13-18(27(23)37)28(38)39/h9-10,12-13,21,35H,5-8,11,14H2,1-4H3,(H,38,39)/t21-/m1/s1. The van der Waals surface area contributed by atoms with E-state index >= 15 is 4.39 Å². The van der Waals surface area contributed by atoms with Crippen molar-refractivity contribution < 1.29 is 28.6 Å². The van der Waals surface area contributed by atoms with Crippen molar-refractivity contribution in [1.82, 2.24) is 4.57 Å². The minimum Gasteiger partial charge on any atom is -0.477 e. The summed E-state index contributed by atoms with van der Waals surface area (Å²) in [4.78, 5) is 39.2. The smallest absolute Gasteiger partial charge is 0.341 e. The number of aryl methyl sites for hydroxylation is 1. The molecule has 2 N–H and O–H groups in total. The zero-order valence-electron chi connectivity index (χ0n) is 22.3. The van der Waals surface area contributed by atoms with Crippen LogP contribution >= 0.6 is 11.6 Å². The highest BCUT2D eigenvalue weighted by molar-refractivity contribution is 6.31. The molecule has 39 heavy (non-hydrogen) atoms. The van der Waals surface area contributed by atoms with Crippen molar-refractivity contribution in [2.75, 3.05) is 18.1 Å². The van der Waals surface area contributed by atoms with Crippen LogP contribution in [-0.2, 0) is 17.6 Å². The lowest BCUT2D eigenvalue weighted by Crippen LogP contribution is -2.31. The van der Waals surface area contributed by atoms with E-state index in [9.17, 15) is 29.0 Å². The SMILES string of the molecule is CCc1cc(Cc2cc(N3CCCC3=O)c(F)c(Cl)c2F)c2c(=O)c(C(=O)O)cn([C@H](CO)C(C)(C)C)c2c1. The van der Waals surface area contributed by atoms with Crippen molar-refractivity contribution in [3.63, 3.8) is 0 Å². The maximum Gasteiger partial charge on any atom is 0.341 e. The van der Waals surface area contributed by atoms with Gasteiger partial charge in [-0.15, -0.1) is 0 Å². The molecule has 1 saturated heterocycles. The molecule has 0 radical (unpaired) electrons. The Balaban J connectivity index is 2.03. The summed E-state index contributed by atoms with van der Waals surface area (Å²) in [6, 6.07) is 4.11. The fourth-order valence-electron chi connectivity index (χ4n) is 5.23. The number of aliphatic hydroxyl groups excluding tert-OH is 1. The largest absolute Gasteiger partial charge is 0.477 e. The molecule has 3 aromatic rings. The second-order valence-corrected chi connectivity index (χ2v) is 11.4. The summed E-state index contributed by atoms with van der Waals surface area (Å²) in [6.07, 6.45) is 2.36. The monoisotopic (exact) mass is 560 g/mol. The second kappa shape index (κ2) is 10.7. The van der Waals surface area contributed by atoms with Crippen molar-refractivity contribution in [1.29, 1.82) is 0 Å². The summed E-state index contributed by atoms with van der Waals surface area (Å²) in [5, 5.41) is 19.4. The molecule has 0 spiro atoms. The summed E-state index contributed by atoms with van der Waals surface area (Å²) in [6.45, 7) is 7.52. The molecule has 1 aliphatic rings. The summed E-state index contributed by atoms with van der Waals surface area (Å²) in [5.41, 5.74) is -0.393. The molecular formula is C29H31ClF2N2O5. The summed E-state index contributed by atoms with van der Waals surface area (Å²) in [7, 11) is 0. The van der Waals surface area contributed by atoms with Crippen LogP contribution in [0.5, 0.6) is 0 Å². The topological polar surface area (TPSA) is 99.8 Å². The third kappa shape index (κ3) is 5.17. The predicted molar refractivity (Wildman–Crippen MR) is 146 cm³/mol. The molecule has 0 unspecified atom stereocenters. The number of carboxylic acid groups (broad SMARTS) is 1. The molecule has 208 valence electrons. The number of aromatic carboxylic acids is 1. The number of pyridine rings is 1. The van der Waals surface area contributed by atoms with Gasteiger partial charge in [-0.3, -0.25) is 9.59 Å². The number of anilines is 1. The first-order valence-electron chi connectivity index (χ1n) is 12.8. The van der Waals surface area contributed by atoms with Gasteiger partial charge in [-0.2, -0.15) is 0 Å². The lowest BCUT2D eigenvalue weighted by Gasteiger charge is -2.33. The fraction of sp³-hybridized carbons (Fsp3) is 0.414. The van der Waals surface area contributed by atoms with Gasteiger partial charge >= 0.3 is 5.97 Å². The predicted octanol–water partition coefficient (Wildman–Crippen LogP) is 5.49. The molecule has 1 amide bonds. The van der Waals surface area contributed by atoms with Gasteiger partial charge in [0.2, 0.25) is 11.3 Å². The van der Waals surface area contributed by atoms with Gasteiger partial charge in [0.15, 0.2) is 5.82 Å². The van der Waals surface area contributed by atoms with Crippen molar-refractivity contribution in [2.24, 2.45) is 5.41 Å². The fourth-order valence-corrected chi connectivity index (χ4v) is 5.44. The van der Waals surface area contributed by atoms with Gasteiger partial charge in [0.05, 0.1) is 29.2 Å². The van der Waals surface area contributed by atoms with Crippen LogP contribution in [0.4, 0.5) is 14.5 Å². The average Bonchev–Trinajstić information content (AvgIpc) is 3.30. The first-order valence-corrected chi connectivity index (χ1v) is 13.2. The Kier molecular flexibility index (Phi) is 7.87. The Morgan fingerprint density at radius 1 is 1.13 bits per heavy atom. The zero-order chi connectivity index (χ0) is 28.8. The van der Waals surface area contributed by atoms with Crippen molar-refractivity contribution in [2.45, 2.75) is 59.4 Å². The van der Waals surface area contributed by atoms with E-state index in [2.05, 4.69) is 0 Å². The number of hydrogen-bond donors (Lipinski definition) is 2. The van der Waals surface area contributed by atoms with Crippen LogP contribution in [0.25, 0.3) is 10.9 Å². The second-order valence-electron chi connectivity index (χ2n) is 11.0. The molecular weight excluding hydrogens is 530 g/mol. The normalized spacial score (nSPS) is 14.9. The quantitative estimate of drug-likeness (QED) is 0.372. The number of carboxylic acids is 1. The summed E-state index contributed by atoms with van der Waals surface area (Å²) >= 11 is 6.03. The number of aromatic nitrogens is 1. The van der Waals surface area contributed by atoms with Crippen LogP contribution in [0.15, 0.2) is 29.2 Å². The maximum atomic E-state index is 15.3. The van der Waals surface area contributed by atoms with Crippen molar-refractivity contribution in [3.05, 3.63) is 73.5 Å². The Morgan fingerprint density at radius 2 is 1.82 bits per heavy atom. The molecule has 7 nitrogen and oxygen atoms in total. The number of halogens is 3. The summed E-state index contributed by atoms with van der Waals surface area (Å²) in [5.74, 6) is -3.78. The third-order valence-corrected chi connectivity index (χ3v) is 7.70. The lowest BCUT2D eigenvalue weighted by atomic mass is 9.86. The number of hydrogen-bond acceptors (Lipinski definition) is 4. The number of amides is 1. The van der Waals surface area contributed by atoms with E-state index in [1.54, 1.807) is 16.7 Å². The Bertz CT molecular complexity index is 1540. The van der Waals surface area contributed by atoms with E-state index in [-0.39, 0.29) is 48.5 Å². The van der Waals surface area contributed by atoms with E-state index in [1.165, 1.54) is 17.2 Å². The van der Waals surface area contributed by atoms with E-state index < -0.39 is 45.1 Å². The number of rotatable bonds is 7. The first-order chi connectivity index (χ1) is 18.3. The Morgan fingerprint density at radius 3 is 2.36 bits per heavy atom. The van der Waals surface area contributed by atoms with Gasteiger partial charge in [0.1, 0.15) is 16.4 Å². The van der Waals surface area contributed by atoms with Crippen LogP contribution in [0.2, 0.25) is 5.02 Å². The Labute approximate surface area is 229 Å². The molecule has 0 saturated carbocycles. The average molecular weight is 561 g/mol. The molecule has 1 atom stereocenters. The highest BCUT2D eigenvalue weighted by Gasteiger charge is 2.31. The molecule has 0 bridgehead atoms. The molecule has 2 heterocycles. The van der Waals surface area contributed by atoms with Crippen LogP contribution in [0.1, 0.15) is 73.6 Å². The van der Waals surface area contributed by atoms with Gasteiger partial charge < -0.3 is 19.7 Å². The van der Waals surface area contributed by atoms with Crippen LogP contribution in [-0.4, -0.2) is 39.8 Å². The van der Waals surface area contributed by atoms with Gasteiger partial charge in [-0.05, 0) is 47.1 Å². The molecule has 0 aliphatic carbocycles. The van der Waals surface area contributed by atoms with Crippen molar-refractivity contribution >= 4 is 40.1 Å². The van der Waals surface area contributed by atoms with Crippen LogP contribution in [0, 0.1) is 17.0 Å². The highest BCUT2D eigenvalue weighted by Crippen LogP contribution is 2.37. The van der Waals surface area contributed by atoms with Crippen LogP contribution in [0.3, 0.4) is 0 Å². The number of carbonyl (C=O) groups excluding carboxylic acids is 1. The molecule has 4 rings (SSSR count). The van der Waals surface area contributed by atoms with Gasteiger partial charge in [0, 0.05) is 25.6 Å². The summed E-state index contributed by atoms with van der Waals surface area (Å²) < 4.78 is 31.9. The molecule has 10 heteroatoms.